The van der Waals surface area contributed by atoms with Crippen molar-refractivity contribution in [3.8, 4) is 0 Å². The van der Waals surface area contributed by atoms with Crippen molar-refractivity contribution in [2.75, 3.05) is 5.48 Å². The molecule has 0 saturated heterocycles. The van der Waals surface area contributed by atoms with Crippen LogP contribution >= 0.6 is 0 Å². The predicted molar refractivity (Wildman–Crippen MR) is 56.0 cm³/mol. The average Bonchev–Trinajstić information content (AvgIpc) is 2.17. The van der Waals surface area contributed by atoms with Crippen LogP contribution in [0.1, 0.15) is 24.2 Å². The lowest BCUT2D eigenvalue weighted by Gasteiger charge is -2.11. The van der Waals surface area contributed by atoms with Gasteiger partial charge in [0.15, 0.2) is 0 Å². The Morgan fingerprint density at radius 3 is 2.29 bits per heavy atom. The zero-order chi connectivity index (χ0) is 10.6. The van der Waals surface area contributed by atoms with E-state index in [4.69, 9.17) is 0 Å². The molecule has 4 nitrogen and oxygen atoms in total. The molecule has 1 amide bonds. The van der Waals surface area contributed by atoms with E-state index < -0.39 is 0 Å². The molecular formula is C10H13N2O2-. The Kier molecular flexibility index (Phi) is 3.48. The SMILES string of the molecule is CC(C)NC(=O)c1ccc(N[O-])cc1. The van der Waals surface area contributed by atoms with Crippen LogP contribution in [0.5, 0.6) is 0 Å². The quantitative estimate of drug-likeness (QED) is 0.718. The van der Waals surface area contributed by atoms with E-state index >= 15 is 0 Å². The number of carbonyl (C=O) groups excluding carboxylic acids is 1. The molecule has 0 atom stereocenters. The summed E-state index contributed by atoms with van der Waals surface area (Å²) in [5.41, 5.74) is 2.76. The van der Waals surface area contributed by atoms with E-state index in [0.717, 1.165) is 0 Å². The highest BCUT2D eigenvalue weighted by molar-refractivity contribution is 5.94. The molecule has 2 N–H and O–H groups in total. The van der Waals surface area contributed by atoms with Crippen molar-refractivity contribution in [3.63, 3.8) is 0 Å². The van der Waals surface area contributed by atoms with Gasteiger partial charge in [0, 0.05) is 17.3 Å². The van der Waals surface area contributed by atoms with Crippen LogP contribution in [0, 0.1) is 5.21 Å². The third-order valence-corrected chi connectivity index (χ3v) is 1.68. The second kappa shape index (κ2) is 4.62. The molecule has 76 valence electrons. The van der Waals surface area contributed by atoms with Crippen molar-refractivity contribution in [1.29, 1.82) is 0 Å². The summed E-state index contributed by atoms with van der Waals surface area (Å²) in [5.74, 6) is -0.127. The van der Waals surface area contributed by atoms with E-state index in [1.807, 2.05) is 13.8 Å². The van der Waals surface area contributed by atoms with E-state index in [0.29, 0.717) is 11.3 Å². The fourth-order valence-electron chi connectivity index (χ4n) is 1.04. The first-order chi connectivity index (χ1) is 6.63. The van der Waals surface area contributed by atoms with Gasteiger partial charge in [0.1, 0.15) is 0 Å². The summed E-state index contributed by atoms with van der Waals surface area (Å²) in [6.45, 7) is 3.79. The molecular weight excluding hydrogens is 180 g/mol. The summed E-state index contributed by atoms with van der Waals surface area (Å²) in [4.78, 5) is 11.4. The van der Waals surface area contributed by atoms with Crippen molar-refractivity contribution in [2.45, 2.75) is 19.9 Å². The number of hydrogen-bond donors (Lipinski definition) is 2. The fraction of sp³-hybridized carbons (Fsp3) is 0.300. The highest BCUT2D eigenvalue weighted by atomic mass is 16.5. The first-order valence-electron chi connectivity index (χ1n) is 4.42. The van der Waals surface area contributed by atoms with Crippen molar-refractivity contribution < 1.29 is 4.79 Å². The van der Waals surface area contributed by atoms with Crippen LogP contribution in [0.2, 0.25) is 0 Å². The molecule has 0 heterocycles. The summed E-state index contributed by atoms with van der Waals surface area (Å²) >= 11 is 0. The molecule has 0 radical (unpaired) electrons. The van der Waals surface area contributed by atoms with Gasteiger partial charge in [-0.05, 0) is 38.1 Å². The maximum Gasteiger partial charge on any atom is 0.251 e. The van der Waals surface area contributed by atoms with Gasteiger partial charge in [-0.25, -0.2) is 0 Å². The monoisotopic (exact) mass is 193 g/mol. The van der Waals surface area contributed by atoms with Crippen molar-refractivity contribution in [3.05, 3.63) is 35.0 Å². The number of nitrogens with one attached hydrogen (secondary N) is 2. The number of rotatable bonds is 3. The normalized spacial score (nSPS) is 10.0. The van der Waals surface area contributed by atoms with E-state index in [1.54, 1.807) is 29.7 Å². The van der Waals surface area contributed by atoms with Gasteiger partial charge >= 0.3 is 0 Å². The second-order valence-electron chi connectivity index (χ2n) is 3.31. The van der Waals surface area contributed by atoms with Crippen molar-refractivity contribution >= 4 is 11.6 Å². The largest absolute Gasteiger partial charge is 0.761 e. The summed E-state index contributed by atoms with van der Waals surface area (Å²) in [5, 5.41) is 13.0. The average molecular weight is 193 g/mol. The minimum Gasteiger partial charge on any atom is -0.761 e. The Bertz CT molecular complexity index is 306. The van der Waals surface area contributed by atoms with Crippen molar-refractivity contribution in [2.24, 2.45) is 0 Å². The maximum atomic E-state index is 11.4. The Morgan fingerprint density at radius 2 is 1.86 bits per heavy atom. The molecule has 0 saturated carbocycles. The van der Waals surface area contributed by atoms with E-state index in [1.165, 1.54) is 0 Å². The van der Waals surface area contributed by atoms with Gasteiger partial charge in [-0.2, -0.15) is 0 Å². The maximum absolute atomic E-state index is 11.4. The zero-order valence-electron chi connectivity index (χ0n) is 8.20. The van der Waals surface area contributed by atoms with Crippen molar-refractivity contribution in [1.82, 2.24) is 5.32 Å². The molecule has 1 aromatic rings. The lowest BCUT2D eigenvalue weighted by Crippen LogP contribution is -2.29. The highest BCUT2D eigenvalue weighted by Gasteiger charge is 2.05. The molecule has 1 rings (SSSR count). The predicted octanol–water partition coefficient (Wildman–Crippen LogP) is 1.73. The lowest BCUT2D eigenvalue weighted by atomic mass is 10.2. The smallest absolute Gasteiger partial charge is 0.251 e. The molecule has 4 heteroatoms. The molecule has 1 aromatic carbocycles. The van der Waals surface area contributed by atoms with E-state index in [-0.39, 0.29) is 11.9 Å². The summed E-state index contributed by atoms with van der Waals surface area (Å²) in [7, 11) is 0. The molecule has 14 heavy (non-hydrogen) atoms. The molecule has 0 aromatic heterocycles. The Hall–Kier alpha value is -1.55. The molecule has 0 aliphatic carbocycles. The zero-order valence-corrected chi connectivity index (χ0v) is 8.20. The number of carbonyl (C=O) groups is 1. The third kappa shape index (κ3) is 2.74. The van der Waals surface area contributed by atoms with Gasteiger partial charge in [-0.3, -0.25) is 4.79 Å². The standard InChI is InChI=1S/C10H13N2O2/c1-7(2)11-10(13)8-3-5-9(12-14)6-4-8/h3-7,12H,1-2H3,(H,11,13)/q-1. The van der Waals surface area contributed by atoms with Crippen LogP contribution in [0.15, 0.2) is 24.3 Å². The molecule has 0 fully saturated rings. The molecule has 0 unspecified atom stereocenters. The summed E-state index contributed by atoms with van der Waals surface area (Å²) in [6.07, 6.45) is 0. The second-order valence-corrected chi connectivity index (χ2v) is 3.31. The Balaban J connectivity index is 2.71. The van der Waals surface area contributed by atoms with Crippen LogP contribution in [-0.2, 0) is 0 Å². The molecule has 0 aliphatic heterocycles. The topological polar surface area (TPSA) is 64.2 Å². The van der Waals surface area contributed by atoms with Gasteiger partial charge < -0.3 is 16.0 Å². The number of hydrogen-bond acceptors (Lipinski definition) is 3. The molecule has 0 spiro atoms. The van der Waals surface area contributed by atoms with Crippen LogP contribution in [0.4, 0.5) is 5.69 Å². The van der Waals surface area contributed by atoms with Crippen LogP contribution in [0.3, 0.4) is 0 Å². The van der Waals surface area contributed by atoms with Crippen LogP contribution < -0.4 is 10.8 Å². The minimum absolute atomic E-state index is 0.111. The number of benzene rings is 1. The van der Waals surface area contributed by atoms with Crippen LogP contribution in [0.25, 0.3) is 0 Å². The number of amides is 1. The third-order valence-electron chi connectivity index (χ3n) is 1.68. The van der Waals surface area contributed by atoms with Gasteiger partial charge in [-0.15, -0.1) is 0 Å². The summed E-state index contributed by atoms with van der Waals surface area (Å²) in [6, 6.07) is 6.47. The minimum atomic E-state index is -0.127. The Labute approximate surface area is 82.9 Å². The molecule has 0 aliphatic rings. The van der Waals surface area contributed by atoms with Gasteiger partial charge in [0.25, 0.3) is 5.91 Å². The van der Waals surface area contributed by atoms with Gasteiger partial charge in [0.2, 0.25) is 0 Å². The Morgan fingerprint density at radius 1 is 1.29 bits per heavy atom. The van der Waals surface area contributed by atoms with Crippen LogP contribution in [-0.4, -0.2) is 11.9 Å². The lowest BCUT2D eigenvalue weighted by molar-refractivity contribution is 0.0943. The van der Waals surface area contributed by atoms with Gasteiger partial charge in [0.05, 0.1) is 0 Å². The first-order valence-corrected chi connectivity index (χ1v) is 4.42. The number of anilines is 1. The first kappa shape index (κ1) is 10.5. The molecule has 0 bridgehead atoms. The van der Waals surface area contributed by atoms with E-state index in [2.05, 4.69) is 5.32 Å². The van der Waals surface area contributed by atoms with Gasteiger partial charge in [-0.1, -0.05) is 0 Å². The highest BCUT2D eigenvalue weighted by Crippen LogP contribution is 2.08. The summed E-state index contributed by atoms with van der Waals surface area (Å²) < 4.78 is 0. The van der Waals surface area contributed by atoms with E-state index in [9.17, 15) is 10.0 Å². The fourth-order valence-corrected chi connectivity index (χ4v) is 1.04.